The van der Waals surface area contributed by atoms with E-state index in [1.165, 1.54) is 139 Å². The van der Waals surface area contributed by atoms with Crippen molar-refractivity contribution in [3.05, 3.63) is 558 Å². The van der Waals surface area contributed by atoms with Gasteiger partial charge in [0.1, 0.15) is 33.5 Å². The van der Waals surface area contributed by atoms with Crippen LogP contribution in [0.15, 0.2) is 505 Å². The van der Waals surface area contributed by atoms with Gasteiger partial charge in [-0.05, 0) is 188 Å². The van der Waals surface area contributed by atoms with Crippen LogP contribution in [0.2, 0.25) is 0 Å². The molecule has 150 heavy (non-hydrogen) atoms. The second-order valence-corrected chi connectivity index (χ2v) is 39.3. The maximum atomic E-state index is 6.61. The fourth-order valence-corrected chi connectivity index (χ4v) is 25.7. The van der Waals surface area contributed by atoms with Gasteiger partial charge in [-0.2, -0.15) is 0 Å². The average Bonchev–Trinajstić information content (AvgIpc) is 1.50. The minimum Gasteiger partial charge on any atom is -0.456 e. The SMILES string of the molecule is c1ccc(-c2nc(-c3ccccc3)nc(-c3ccc4c(c3)C3(c5ccccc5-4)c4ccccc4-c4c3ccc3oc5ccccc5c43)n2)cc1.c1ccc(-c2nc(-c3ccccc3)nc(-c3ccc4oc5ccc6c(c5c4c3)-c3ccccc3C63c4ccccc4-c4ccccc43)n2)cc1.c1ccc(-c2nc(-c3ccccc3)nc(-c3cccc4c3-c3ccccc3C43c4ccccc4-c4c3ccc3oc5ccccc5c43)n2)cc1. The second-order valence-electron chi connectivity index (χ2n) is 39.3. The van der Waals surface area contributed by atoms with Gasteiger partial charge in [0.25, 0.3) is 0 Å². The summed E-state index contributed by atoms with van der Waals surface area (Å²) in [7, 11) is 0. The Morgan fingerprint density at radius 1 is 0.127 bits per heavy atom. The highest BCUT2D eigenvalue weighted by atomic mass is 16.3. The fraction of sp³-hybridized carbons (Fsp3) is 0.0217. The summed E-state index contributed by atoms with van der Waals surface area (Å²) in [5.41, 5.74) is 42.6. The summed E-state index contributed by atoms with van der Waals surface area (Å²) in [6.45, 7) is 0. The molecule has 0 radical (unpaired) electrons. The summed E-state index contributed by atoms with van der Waals surface area (Å²) in [5.74, 6) is 5.81. The Hall–Kier alpha value is -20.0. The molecule has 3 spiro atoms. The van der Waals surface area contributed by atoms with Gasteiger partial charge in [-0.3, -0.25) is 0 Å². The molecule has 6 aliphatic carbocycles. The molecule has 0 amide bonds. The fourth-order valence-electron chi connectivity index (χ4n) is 25.7. The predicted octanol–water partition coefficient (Wildman–Crippen LogP) is 33.3. The van der Waals surface area contributed by atoms with Crippen molar-refractivity contribution < 1.29 is 13.3 Å². The molecule has 12 nitrogen and oxygen atoms in total. The highest BCUT2D eigenvalue weighted by molar-refractivity contribution is 6.20. The van der Waals surface area contributed by atoms with Crippen LogP contribution in [-0.4, -0.2) is 44.9 Å². The topological polar surface area (TPSA) is 155 Å². The van der Waals surface area contributed by atoms with E-state index in [4.69, 9.17) is 58.1 Å². The molecule has 6 aromatic heterocycles. The van der Waals surface area contributed by atoms with Crippen LogP contribution in [0.3, 0.4) is 0 Å². The maximum Gasteiger partial charge on any atom is 0.164 e. The number of aromatic nitrogens is 9. The molecule has 0 bridgehead atoms. The van der Waals surface area contributed by atoms with Gasteiger partial charge in [0.15, 0.2) is 52.4 Å². The molecule has 696 valence electrons. The van der Waals surface area contributed by atoms with E-state index in [9.17, 15) is 0 Å². The Labute approximate surface area is 861 Å². The van der Waals surface area contributed by atoms with Gasteiger partial charge in [0.05, 0.1) is 16.2 Å². The lowest BCUT2D eigenvalue weighted by Crippen LogP contribution is -2.25. The van der Waals surface area contributed by atoms with E-state index in [0.717, 1.165) is 111 Å². The first-order chi connectivity index (χ1) is 74.4. The number of fused-ring (bicyclic) bond motifs is 42. The van der Waals surface area contributed by atoms with E-state index >= 15 is 0 Å². The van der Waals surface area contributed by atoms with Crippen molar-refractivity contribution in [2.75, 3.05) is 0 Å². The van der Waals surface area contributed by atoms with Gasteiger partial charge in [-0.1, -0.05) is 437 Å². The van der Waals surface area contributed by atoms with E-state index in [-0.39, 0.29) is 0 Å². The third-order valence-corrected chi connectivity index (χ3v) is 31.7. The Bertz CT molecular complexity index is 9930. The first-order valence-corrected chi connectivity index (χ1v) is 50.9. The van der Waals surface area contributed by atoms with Gasteiger partial charge in [0.2, 0.25) is 0 Å². The lowest BCUT2D eigenvalue weighted by molar-refractivity contribution is 0.668. The van der Waals surface area contributed by atoms with Crippen molar-refractivity contribution in [2.24, 2.45) is 0 Å². The first-order valence-electron chi connectivity index (χ1n) is 50.9. The molecular weight excluding hydrogens is 1830 g/mol. The molecule has 21 aromatic carbocycles. The number of benzene rings is 21. The molecule has 27 aromatic rings. The van der Waals surface area contributed by atoms with Crippen LogP contribution in [0, 0.1) is 0 Å². The molecular formula is C138H81N9O3. The highest BCUT2D eigenvalue weighted by Gasteiger charge is 2.57. The Kier molecular flexibility index (Phi) is 18.6. The largest absolute Gasteiger partial charge is 0.456 e. The van der Waals surface area contributed by atoms with Crippen molar-refractivity contribution in [3.8, 4) is 169 Å². The predicted molar refractivity (Wildman–Crippen MR) is 599 cm³/mol. The summed E-state index contributed by atoms with van der Waals surface area (Å²) in [4.78, 5) is 45.5. The lowest BCUT2D eigenvalue weighted by atomic mass is 9.70. The number of rotatable bonds is 9. The molecule has 6 heterocycles. The van der Waals surface area contributed by atoms with Gasteiger partial charge in [-0.25, -0.2) is 44.9 Å². The van der Waals surface area contributed by atoms with Crippen molar-refractivity contribution in [2.45, 2.75) is 16.2 Å². The molecule has 0 aliphatic heterocycles. The zero-order valence-corrected chi connectivity index (χ0v) is 80.5. The zero-order chi connectivity index (χ0) is 98.4. The van der Waals surface area contributed by atoms with Gasteiger partial charge in [0, 0.05) is 82.4 Å². The van der Waals surface area contributed by atoms with Crippen molar-refractivity contribution in [1.29, 1.82) is 0 Å². The minimum absolute atomic E-state index is 0.419. The Morgan fingerprint density at radius 3 is 0.713 bits per heavy atom. The smallest absolute Gasteiger partial charge is 0.164 e. The molecule has 0 fully saturated rings. The van der Waals surface area contributed by atoms with Gasteiger partial charge < -0.3 is 13.3 Å². The Morgan fingerprint density at radius 2 is 0.353 bits per heavy atom. The van der Waals surface area contributed by atoms with Crippen molar-refractivity contribution in [3.63, 3.8) is 0 Å². The number of furan rings is 3. The summed E-state index contributed by atoms with van der Waals surface area (Å²) >= 11 is 0. The maximum absolute atomic E-state index is 6.61. The number of hydrogen-bond acceptors (Lipinski definition) is 12. The zero-order valence-electron chi connectivity index (χ0n) is 80.5. The Balaban J connectivity index is 0.000000101. The van der Waals surface area contributed by atoms with Crippen molar-refractivity contribution in [1.82, 2.24) is 44.9 Å². The summed E-state index contributed by atoms with van der Waals surface area (Å²) in [6, 6.07) is 173. The second kappa shape index (κ2) is 33.0. The van der Waals surface area contributed by atoms with Crippen LogP contribution < -0.4 is 0 Å². The van der Waals surface area contributed by atoms with Crippen LogP contribution in [-0.2, 0) is 16.2 Å². The molecule has 2 unspecified atom stereocenters. The molecule has 0 saturated heterocycles. The van der Waals surface area contributed by atoms with Gasteiger partial charge >= 0.3 is 0 Å². The molecule has 6 aliphatic rings. The van der Waals surface area contributed by atoms with Crippen LogP contribution in [0.4, 0.5) is 0 Å². The molecule has 0 N–H and O–H groups in total. The van der Waals surface area contributed by atoms with Crippen LogP contribution in [0.1, 0.15) is 66.8 Å². The minimum atomic E-state index is -0.530. The number of hydrogen-bond donors (Lipinski definition) is 0. The summed E-state index contributed by atoms with van der Waals surface area (Å²) in [6.07, 6.45) is 0. The molecule has 2 atom stereocenters. The van der Waals surface area contributed by atoms with Gasteiger partial charge in [-0.15, -0.1) is 0 Å². The van der Waals surface area contributed by atoms with E-state index in [0.29, 0.717) is 52.4 Å². The van der Waals surface area contributed by atoms with Crippen LogP contribution >= 0.6 is 0 Å². The lowest BCUT2D eigenvalue weighted by Gasteiger charge is -2.30. The van der Waals surface area contributed by atoms with Crippen LogP contribution in [0.5, 0.6) is 0 Å². The van der Waals surface area contributed by atoms with E-state index < -0.39 is 16.2 Å². The van der Waals surface area contributed by atoms with Crippen LogP contribution in [0.25, 0.3) is 235 Å². The first kappa shape index (κ1) is 84.6. The molecule has 12 heteroatoms. The third kappa shape index (κ3) is 12.3. The van der Waals surface area contributed by atoms with E-state index in [1.807, 2.05) is 146 Å². The standard InChI is InChI=1S/3C46H27N3O/c1-3-14-28(15-4-1)43-47-44(29-16-5-2-6-17-29)49-45(48-43)33-21-13-24-36-40(33)30-18-7-10-22-34(30)46(36)35-23-11-8-19-31(35)41-37(46)26-27-39-42(41)32-20-9-12-25-38(32)50-39;1-3-13-28(14-4-1)43-47-44(29-15-5-2-6-16-29)49-45(48-43)30-23-25-39-34(27-30)42-40(50-39)26-24-38-41(42)33-19-9-12-22-37(33)46(38)35-20-10-7-17-31(35)32-18-8-11-21-36(32)46;1-3-13-28(14-4-1)43-47-44(29-15-5-2-6-16-29)49-45(48-43)30-23-24-32-31-17-7-10-20-35(31)46(38(32)27-30)36-21-11-8-18-33(36)41-37(46)25-26-40-42(41)34-19-9-12-22-39(34)50-40/h3*1-27H. The van der Waals surface area contributed by atoms with E-state index in [1.54, 1.807) is 0 Å². The quantitative estimate of drug-likeness (QED) is 0.135. The summed E-state index contributed by atoms with van der Waals surface area (Å²) < 4.78 is 19.5. The normalized spacial score (nSPS) is 14.6. The number of nitrogens with zero attached hydrogens (tertiary/aromatic N) is 9. The highest BCUT2D eigenvalue weighted by Crippen LogP contribution is 2.69. The molecule has 0 saturated carbocycles. The third-order valence-electron chi connectivity index (χ3n) is 31.7. The molecule has 33 rings (SSSR count). The monoisotopic (exact) mass is 1910 g/mol. The van der Waals surface area contributed by atoms with Crippen molar-refractivity contribution >= 4 is 65.8 Å². The average molecular weight is 1910 g/mol. The summed E-state index contributed by atoms with van der Waals surface area (Å²) in [5, 5.41) is 6.77. The number of para-hydroxylation sites is 2. The van der Waals surface area contributed by atoms with E-state index in [2.05, 4.69) is 346 Å².